The van der Waals surface area contributed by atoms with E-state index in [1.807, 2.05) is 51.1 Å². The Morgan fingerprint density at radius 1 is 0.897 bits per heavy atom. The normalized spacial score (nSPS) is 14.3. The molecule has 2 aromatic rings. The Morgan fingerprint density at radius 2 is 1.52 bits per heavy atom. The lowest BCUT2D eigenvalue weighted by Crippen LogP contribution is -2.50. The maximum Gasteiger partial charge on any atom is 0.417 e. The van der Waals surface area contributed by atoms with Gasteiger partial charge in [0.25, 0.3) is 0 Å². The van der Waals surface area contributed by atoms with Gasteiger partial charge in [-0.2, -0.15) is 0 Å². The number of amides is 2. The first kappa shape index (κ1) is 20.5. The van der Waals surface area contributed by atoms with Crippen LogP contribution in [0.3, 0.4) is 0 Å². The highest BCUT2D eigenvalue weighted by atomic mass is 16.6. The van der Waals surface area contributed by atoms with Crippen LogP contribution in [0, 0.1) is 0 Å². The summed E-state index contributed by atoms with van der Waals surface area (Å²) in [4.78, 5) is 28.1. The molecule has 0 spiro atoms. The minimum absolute atomic E-state index is 0.270. The fourth-order valence-corrected chi connectivity index (χ4v) is 2.97. The minimum Gasteiger partial charge on any atom is -0.444 e. The number of carbonyl (C=O) groups is 2. The first-order valence-electron chi connectivity index (χ1n) is 9.67. The zero-order valence-corrected chi connectivity index (χ0v) is 17.1. The van der Waals surface area contributed by atoms with E-state index < -0.39 is 11.7 Å². The highest BCUT2D eigenvalue weighted by molar-refractivity contribution is 5.86. The first-order valence-corrected chi connectivity index (χ1v) is 9.67. The summed E-state index contributed by atoms with van der Waals surface area (Å²) in [5.41, 5.74) is 1.21. The lowest BCUT2D eigenvalue weighted by Gasteiger charge is -2.36. The third-order valence-electron chi connectivity index (χ3n) is 4.36. The molecule has 0 aromatic heterocycles. The predicted octanol–water partition coefficient (Wildman–Crippen LogP) is 4.35. The Morgan fingerprint density at radius 3 is 2.10 bits per heavy atom. The van der Waals surface area contributed by atoms with Crippen LogP contribution < -0.4 is 15.0 Å². The van der Waals surface area contributed by atoms with Gasteiger partial charge in [-0.05, 0) is 57.2 Å². The number of nitrogens with zero attached hydrogens (tertiary/aromatic N) is 2. The van der Waals surface area contributed by atoms with E-state index in [0.717, 1.165) is 18.8 Å². The topological polar surface area (TPSA) is 71.1 Å². The summed E-state index contributed by atoms with van der Waals surface area (Å²) in [5, 5.41) is 2.72. The van der Waals surface area contributed by atoms with Crippen molar-refractivity contribution in [2.45, 2.75) is 26.4 Å². The molecule has 29 heavy (non-hydrogen) atoms. The summed E-state index contributed by atoms with van der Waals surface area (Å²) in [6, 6.07) is 16.5. The summed E-state index contributed by atoms with van der Waals surface area (Å²) < 4.78 is 10.7. The standard InChI is InChI=1S/C22H27N3O4/c1-22(2,3)29-21(27)25-15-13-24(14-16-25)18-11-9-17(10-12-18)23-20(26)28-19-7-5-4-6-8-19/h4-12H,13-16H2,1-3H3,(H,23,26). The second-order valence-corrected chi connectivity index (χ2v) is 7.83. The second-order valence-electron chi connectivity index (χ2n) is 7.83. The molecule has 2 aromatic carbocycles. The minimum atomic E-state index is -0.532. The number of nitrogens with one attached hydrogen (secondary N) is 1. The molecule has 154 valence electrons. The third-order valence-corrected chi connectivity index (χ3v) is 4.36. The SMILES string of the molecule is CC(C)(C)OC(=O)N1CCN(c2ccc(NC(=O)Oc3ccccc3)cc2)CC1. The van der Waals surface area contributed by atoms with Crippen LogP contribution in [0.4, 0.5) is 21.0 Å². The van der Waals surface area contributed by atoms with Gasteiger partial charge < -0.3 is 19.3 Å². The number of para-hydroxylation sites is 1. The molecule has 3 rings (SSSR count). The molecule has 1 heterocycles. The number of hydrogen-bond acceptors (Lipinski definition) is 5. The molecule has 0 radical (unpaired) electrons. The van der Waals surface area contributed by atoms with Crippen molar-refractivity contribution in [1.29, 1.82) is 0 Å². The Balaban J connectivity index is 1.49. The predicted molar refractivity (Wildman–Crippen MR) is 113 cm³/mol. The molecule has 1 fully saturated rings. The molecule has 1 saturated heterocycles. The fraction of sp³-hybridized carbons (Fsp3) is 0.364. The van der Waals surface area contributed by atoms with Crippen molar-refractivity contribution in [3.63, 3.8) is 0 Å². The molecule has 2 amide bonds. The van der Waals surface area contributed by atoms with Gasteiger partial charge in [0.1, 0.15) is 11.4 Å². The van der Waals surface area contributed by atoms with Gasteiger partial charge in [0, 0.05) is 37.6 Å². The number of anilines is 2. The van der Waals surface area contributed by atoms with Gasteiger partial charge in [-0.1, -0.05) is 18.2 Å². The molecule has 7 nitrogen and oxygen atoms in total. The number of rotatable bonds is 3. The van der Waals surface area contributed by atoms with Crippen molar-refractivity contribution in [3.8, 4) is 5.75 Å². The monoisotopic (exact) mass is 397 g/mol. The van der Waals surface area contributed by atoms with Crippen LogP contribution in [0.2, 0.25) is 0 Å². The van der Waals surface area contributed by atoms with Crippen molar-refractivity contribution in [2.75, 3.05) is 36.4 Å². The lowest BCUT2D eigenvalue weighted by atomic mass is 10.2. The Bertz CT molecular complexity index is 823. The van der Waals surface area contributed by atoms with Gasteiger partial charge in [0.05, 0.1) is 0 Å². The number of hydrogen-bond donors (Lipinski definition) is 1. The maximum atomic E-state index is 12.2. The van der Waals surface area contributed by atoms with Crippen LogP contribution in [0.1, 0.15) is 20.8 Å². The summed E-state index contributed by atoms with van der Waals surface area (Å²) in [7, 11) is 0. The average Bonchev–Trinajstić information content (AvgIpc) is 2.68. The van der Waals surface area contributed by atoms with Crippen LogP contribution in [-0.4, -0.2) is 48.9 Å². The number of carbonyl (C=O) groups excluding carboxylic acids is 2. The van der Waals surface area contributed by atoms with Gasteiger partial charge in [-0.25, -0.2) is 9.59 Å². The van der Waals surface area contributed by atoms with Crippen LogP contribution >= 0.6 is 0 Å². The lowest BCUT2D eigenvalue weighted by molar-refractivity contribution is 0.0240. The number of benzene rings is 2. The summed E-state index contributed by atoms with van der Waals surface area (Å²) >= 11 is 0. The van der Waals surface area contributed by atoms with Crippen molar-refractivity contribution in [2.24, 2.45) is 0 Å². The van der Waals surface area contributed by atoms with Crippen LogP contribution in [0.5, 0.6) is 5.75 Å². The van der Waals surface area contributed by atoms with E-state index in [1.54, 1.807) is 29.2 Å². The molecule has 1 aliphatic heterocycles. The largest absolute Gasteiger partial charge is 0.444 e. The van der Waals surface area contributed by atoms with E-state index in [1.165, 1.54) is 0 Å². The molecular weight excluding hydrogens is 370 g/mol. The highest BCUT2D eigenvalue weighted by Gasteiger charge is 2.25. The summed E-state index contributed by atoms with van der Waals surface area (Å²) in [5.74, 6) is 0.490. The second kappa shape index (κ2) is 8.86. The van der Waals surface area contributed by atoms with E-state index in [9.17, 15) is 9.59 Å². The van der Waals surface area contributed by atoms with Crippen molar-refractivity contribution in [3.05, 3.63) is 54.6 Å². The molecule has 0 saturated carbocycles. The number of ether oxygens (including phenoxy) is 2. The molecule has 1 N–H and O–H groups in total. The Hall–Kier alpha value is -3.22. The van der Waals surface area contributed by atoms with Crippen molar-refractivity contribution < 1.29 is 19.1 Å². The van der Waals surface area contributed by atoms with Crippen molar-refractivity contribution in [1.82, 2.24) is 4.90 Å². The van der Waals surface area contributed by atoms with Crippen LogP contribution in [0.15, 0.2) is 54.6 Å². The molecule has 0 aliphatic carbocycles. The Labute approximate surface area is 171 Å². The van der Waals surface area contributed by atoms with Gasteiger partial charge in [0.2, 0.25) is 0 Å². The van der Waals surface area contributed by atoms with Crippen LogP contribution in [-0.2, 0) is 4.74 Å². The summed E-state index contributed by atoms with van der Waals surface area (Å²) in [6.07, 6.45) is -0.802. The zero-order chi connectivity index (χ0) is 20.9. The first-order chi connectivity index (χ1) is 13.8. The van der Waals surface area contributed by atoms with Gasteiger partial charge in [-0.15, -0.1) is 0 Å². The van der Waals surface area contributed by atoms with E-state index in [0.29, 0.717) is 24.5 Å². The summed E-state index contributed by atoms with van der Waals surface area (Å²) in [6.45, 7) is 8.27. The van der Waals surface area contributed by atoms with Gasteiger partial charge in [0.15, 0.2) is 0 Å². The van der Waals surface area contributed by atoms with E-state index in [-0.39, 0.29) is 6.09 Å². The van der Waals surface area contributed by atoms with Gasteiger partial charge >= 0.3 is 12.2 Å². The molecule has 0 atom stereocenters. The third kappa shape index (κ3) is 6.14. The molecule has 0 unspecified atom stereocenters. The fourth-order valence-electron chi connectivity index (χ4n) is 2.97. The molecule has 7 heteroatoms. The van der Waals surface area contributed by atoms with Crippen LogP contribution in [0.25, 0.3) is 0 Å². The van der Waals surface area contributed by atoms with Gasteiger partial charge in [-0.3, -0.25) is 5.32 Å². The Kier molecular flexibility index (Phi) is 6.26. The number of piperazine rings is 1. The molecule has 0 bridgehead atoms. The quantitative estimate of drug-likeness (QED) is 0.833. The smallest absolute Gasteiger partial charge is 0.417 e. The molecule has 1 aliphatic rings. The average molecular weight is 397 g/mol. The molecular formula is C22H27N3O4. The zero-order valence-electron chi connectivity index (χ0n) is 17.1. The van der Waals surface area contributed by atoms with E-state index in [4.69, 9.17) is 9.47 Å². The van der Waals surface area contributed by atoms with E-state index in [2.05, 4.69) is 10.2 Å². The highest BCUT2D eigenvalue weighted by Crippen LogP contribution is 2.21. The maximum absolute atomic E-state index is 12.2. The van der Waals surface area contributed by atoms with E-state index >= 15 is 0 Å². The van der Waals surface area contributed by atoms with Crippen molar-refractivity contribution >= 4 is 23.6 Å².